The van der Waals surface area contributed by atoms with Gasteiger partial charge in [-0.3, -0.25) is 0 Å². The molecule has 1 aliphatic heterocycles. The Kier molecular flexibility index (Phi) is 3.51. The molecule has 7 nitrogen and oxygen atoms in total. The zero-order valence-corrected chi connectivity index (χ0v) is 10.2. The molecule has 2 fully saturated rings. The van der Waals surface area contributed by atoms with Crippen LogP contribution in [-0.4, -0.2) is 39.7 Å². The second-order valence-corrected chi connectivity index (χ2v) is 4.81. The smallest absolute Gasteiger partial charge is 0.450 e. The second-order valence-electron chi connectivity index (χ2n) is 4.81. The van der Waals surface area contributed by atoms with Crippen molar-refractivity contribution in [3.05, 3.63) is 11.8 Å². The third-order valence-corrected chi connectivity index (χ3v) is 3.63. The van der Waals surface area contributed by atoms with Crippen LogP contribution >= 0.6 is 0 Å². The van der Waals surface area contributed by atoms with E-state index in [4.69, 9.17) is 19.4 Å². The van der Waals surface area contributed by atoms with Crippen molar-refractivity contribution in [1.29, 1.82) is 0 Å². The van der Waals surface area contributed by atoms with Gasteiger partial charge in [-0.25, -0.2) is 4.79 Å². The van der Waals surface area contributed by atoms with Crippen molar-refractivity contribution in [3.8, 4) is 0 Å². The van der Waals surface area contributed by atoms with Crippen LogP contribution in [0.4, 0.5) is 4.79 Å². The summed E-state index contributed by atoms with van der Waals surface area (Å²) in [5, 5.41) is 25.3. The molecule has 1 aromatic heterocycles. The van der Waals surface area contributed by atoms with E-state index in [1.807, 2.05) is 6.92 Å². The molecule has 100 valence electrons. The van der Waals surface area contributed by atoms with Gasteiger partial charge < -0.3 is 19.9 Å². The molecule has 2 aliphatic rings. The normalized spacial score (nSPS) is 24.2. The molecule has 3 N–H and O–H groups in total. The molecule has 0 radical (unpaired) electrons. The predicted molar refractivity (Wildman–Crippen MR) is 61.6 cm³/mol. The van der Waals surface area contributed by atoms with Crippen molar-refractivity contribution < 1.29 is 19.4 Å². The highest BCUT2D eigenvalue weighted by molar-refractivity contribution is 5.53. The molecular formula is C11H17N3O4. The molecule has 1 saturated carbocycles. The van der Waals surface area contributed by atoms with Crippen molar-refractivity contribution in [1.82, 2.24) is 15.5 Å². The predicted octanol–water partition coefficient (Wildman–Crippen LogP) is 1.46. The summed E-state index contributed by atoms with van der Waals surface area (Å²) in [6.07, 6.45) is 1.94. The van der Waals surface area contributed by atoms with Crippen LogP contribution in [0.25, 0.3) is 0 Å². The minimum absolute atomic E-state index is 0.504. The Morgan fingerprint density at radius 1 is 1.39 bits per heavy atom. The van der Waals surface area contributed by atoms with E-state index in [1.54, 1.807) is 0 Å². The molecule has 1 saturated heterocycles. The largest absolute Gasteiger partial charge is 0.503 e. The minimum atomic E-state index is -1.83. The van der Waals surface area contributed by atoms with Gasteiger partial charge in [0.05, 0.1) is 0 Å². The molecule has 2 heterocycles. The maximum absolute atomic E-state index is 8.56. The van der Waals surface area contributed by atoms with Gasteiger partial charge >= 0.3 is 6.16 Å². The van der Waals surface area contributed by atoms with Crippen molar-refractivity contribution >= 4 is 6.16 Å². The zero-order valence-electron chi connectivity index (χ0n) is 10.2. The average molecular weight is 255 g/mol. The van der Waals surface area contributed by atoms with E-state index >= 15 is 0 Å². The van der Waals surface area contributed by atoms with Crippen LogP contribution in [0.1, 0.15) is 37.0 Å². The molecule has 1 unspecified atom stereocenters. The first kappa shape index (κ1) is 12.8. The maximum Gasteiger partial charge on any atom is 0.503 e. The van der Waals surface area contributed by atoms with Crippen LogP contribution in [-0.2, 0) is 0 Å². The number of hydrogen-bond acceptors (Lipinski definition) is 5. The lowest BCUT2D eigenvalue weighted by atomic mass is 9.92. The van der Waals surface area contributed by atoms with Gasteiger partial charge in [-0.1, -0.05) is 0 Å². The third-order valence-electron chi connectivity index (χ3n) is 3.63. The molecule has 1 atom stereocenters. The molecule has 18 heavy (non-hydrogen) atoms. The fraction of sp³-hybridized carbons (Fsp3) is 0.727. The van der Waals surface area contributed by atoms with E-state index in [1.165, 1.54) is 19.3 Å². The van der Waals surface area contributed by atoms with Gasteiger partial charge in [0.25, 0.3) is 0 Å². The molecule has 3 rings (SSSR count). The first-order chi connectivity index (χ1) is 8.53. The summed E-state index contributed by atoms with van der Waals surface area (Å²) in [6, 6.07) is 0. The number of nitrogens with zero attached hydrogens (tertiary/aromatic N) is 2. The summed E-state index contributed by atoms with van der Waals surface area (Å²) in [6.45, 7) is 4.14. The number of aromatic nitrogens is 2. The summed E-state index contributed by atoms with van der Waals surface area (Å²) >= 11 is 0. The lowest BCUT2D eigenvalue weighted by Gasteiger charge is -2.22. The van der Waals surface area contributed by atoms with E-state index in [0.29, 0.717) is 17.2 Å². The van der Waals surface area contributed by atoms with E-state index in [0.717, 1.165) is 19.0 Å². The van der Waals surface area contributed by atoms with Crippen LogP contribution in [0.5, 0.6) is 0 Å². The molecule has 1 spiro atoms. The highest BCUT2D eigenvalue weighted by Gasteiger charge is 2.57. The van der Waals surface area contributed by atoms with Gasteiger partial charge in [-0.15, -0.1) is 10.2 Å². The topological polar surface area (TPSA) is 108 Å². The molecular weight excluding hydrogens is 238 g/mol. The molecule has 7 heteroatoms. The fourth-order valence-corrected chi connectivity index (χ4v) is 2.63. The number of nitrogens with one attached hydrogen (secondary N) is 1. The number of aryl methyl sites for hydroxylation is 1. The Morgan fingerprint density at radius 3 is 2.50 bits per heavy atom. The Bertz CT molecular complexity index is 422. The second kappa shape index (κ2) is 4.93. The maximum atomic E-state index is 8.56. The van der Waals surface area contributed by atoms with Gasteiger partial charge in [0.2, 0.25) is 11.8 Å². The third kappa shape index (κ3) is 2.79. The van der Waals surface area contributed by atoms with Crippen LogP contribution < -0.4 is 5.32 Å². The number of rotatable bonds is 1. The summed E-state index contributed by atoms with van der Waals surface area (Å²) in [5.41, 5.74) is 0.504. The standard InChI is InChI=1S/C10H15N3O.CH2O3/c1-7-12-13-9(14-7)8-6-10(8)2-4-11-5-3-10;2-1(3)4/h8,11H,2-6H2,1H3;(H2,2,3,4). The van der Waals surface area contributed by atoms with Crippen molar-refractivity contribution in [2.24, 2.45) is 5.41 Å². The first-order valence-electron chi connectivity index (χ1n) is 5.96. The van der Waals surface area contributed by atoms with E-state index in [-0.39, 0.29) is 0 Å². The Morgan fingerprint density at radius 2 is 2.00 bits per heavy atom. The van der Waals surface area contributed by atoms with Crippen molar-refractivity contribution in [2.75, 3.05) is 13.1 Å². The van der Waals surface area contributed by atoms with Gasteiger partial charge in [0.1, 0.15) is 0 Å². The highest BCUT2D eigenvalue weighted by Crippen LogP contribution is 2.63. The fourth-order valence-electron chi connectivity index (χ4n) is 2.63. The SMILES string of the molecule is Cc1nnc(C2CC23CCNCC3)o1.O=C(O)O. The lowest BCUT2D eigenvalue weighted by molar-refractivity contribution is 0.137. The summed E-state index contributed by atoms with van der Waals surface area (Å²) in [5.74, 6) is 2.10. The number of hydrogen-bond donors (Lipinski definition) is 3. The van der Waals surface area contributed by atoms with Gasteiger partial charge in [0, 0.05) is 12.8 Å². The van der Waals surface area contributed by atoms with E-state index in [9.17, 15) is 0 Å². The summed E-state index contributed by atoms with van der Waals surface area (Å²) in [7, 11) is 0. The summed E-state index contributed by atoms with van der Waals surface area (Å²) < 4.78 is 5.49. The number of carboxylic acid groups (broad SMARTS) is 2. The number of carbonyl (C=O) groups is 1. The zero-order chi connectivity index (χ0) is 13.2. The Labute approximate surface area is 104 Å². The van der Waals surface area contributed by atoms with Crippen LogP contribution in [0.3, 0.4) is 0 Å². The first-order valence-corrected chi connectivity index (χ1v) is 5.96. The van der Waals surface area contributed by atoms with Gasteiger partial charge in [0.15, 0.2) is 0 Å². The highest BCUT2D eigenvalue weighted by atomic mass is 16.6. The van der Waals surface area contributed by atoms with Crippen molar-refractivity contribution in [3.63, 3.8) is 0 Å². The molecule has 1 aromatic rings. The van der Waals surface area contributed by atoms with Crippen LogP contribution in [0, 0.1) is 12.3 Å². The average Bonchev–Trinajstić information content (AvgIpc) is 2.80. The van der Waals surface area contributed by atoms with E-state index < -0.39 is 6.16 Å². The van der Waals surface area contributed by atoms with Gasteiger partial charge in [-0.2, -0.15) is 0 Å². The number of piperidine rings is 1. The Balaban J connectivity index is 0.000000267. The summed E-state index contributed by atoms with van der Waals surface area (Å²) in [4.78, 5) is 8.56. The molecule has 0 amide bonds. The minimum Gasteiger partial charge on any atom is -0.450 e. The molecule has 1 aliphatic carbocycles. The van der Waals surface area contributed by atoms with E-state index in [2.05, 4.69) is 15.5 Å². The lowest BCUT2D eigenvalue weighted by Crippen LogP contribution is -2.29. The van der Waals surface area contributed by atoms with Crippen LogP contribution in [0.15, 0.2) is 4.42 Å². The van der Waals surface area contributed by atoms with Gasteiger partial charge in [-0.05, 0) is 37.8 Å². The monoisotopic (exact) mass is 255 g/mol. The van der Waals surface area contributed by atoms with Crippen LogP contribution in [0.2, 0.25) is 0 Å². The Hall–Kier alpha value is -1.63. The molecule has 0 bridgehead atoms. The quantitative estimate of drug-likeness (QED) is 0.697. The van der Waals surface area contributed by atoms with Crippen molar-refractivity contribution in [2.45, 2.75) is 32.1 Å². The molecule has 0 aromatic carbocycles.